The number of nitrogens with zero attached hydrogens (tertiary/aromatic N) is 2. The number of pyridine rings is 1. The van der Waals surface area contributed by atoms with Crippen molar-refractivity contribution in [2.24, 2.45) is 10.8 Å². The Hall–Kier alpha value is -3.92. The second kappa shape index (κ2) is 9.38. The van der Waals surface area contributed by atoms with Crippen LogP contribution in [0.4, 0.5) is 0 Å². The SMILES string of the molecule is CC(C)(C)C1=CC(=CC2=C([O-])C(=C(C#N)c3cc[n+](CCC(=O)O)cc3)C2=O)C=C(C(C)(C)C)O1. The number of carboxylic acids is 1. The molecule has 0 spiro atoms. The molecule has 0 aromatic carbocycles. The first-order valence-electron chi connectivity index (χ1n) is 11.4. The summed E-state index contributed by atoms with van der Waals surface area (Å²) in [6.07, 6.45) is 8.44. The van der Waals surface area contributed by atoms with Gasteiger partial charge in [0.25, 0.3) is 0 Å². The lowest BCUT2D eigenvalue weighted by atomic mass is 9.81. The van der Waals surface area contributed by atoms with E-state index in [9.17, 15) is 20.0 Å². The number of hydrogen-bond acceptors (Lipinski definition) is 5. The van der Waals surface area contributed by atoms with Gasteiger partial charge < -0.3 is 14.9 Å². The summed E-state index contributed by atoms with van der Waals surface area (Å²) >= 11 is 0. The molecule has 0 fully saturated rings. The summed E-state index contributed by atoms with van der Waals surface area (Å²) in [7, 11) is 0. The Morgan fingerprint density at radius 2 is 1.66 bits per heavy atom. The van der Waals surface area contributed by atoms with Crippen LogP contribution in [0.2, 0.25) is 0 Å². The fourth-order valence-corrected chi connectivity index (χ4v) is 3.54. The standard InChI is InChI=1S/C28H30N2O5/c1-27(2,3)21-14-17(15-22(35-21)28(4,5)6)13-19-25(33)24(26(19)34)20(16-29)18-7-10-30(11-8-18)12-9-23(31)32/h7-8,10-11,13-15H,9,12H2,1-6H3,(H-,31,32,33,34). The normalized spacial score (nSPS) is 17.6. The van der Waals surface area contributed by atoms with Gasteiger partial charge in [-0.25, -0.2) is 4.57 Å². The van der Waals surface area contributed by atoms with Gasteiger partial charge in [0.2, 0.25) is 0 Å². The molecule has 1 aliphatic carbocycles. The summed E-state index contributed by atoms with van der Waals surface area (Å²) in [6, 6.07) is 5.18. The quantitative estimate of drug-likeness (QED) is 0.395. The molecule has 7 heteroatoms. The van der Waals surface area contributed by atoms with Crippen molar-refractivity contribution in [3.63, 3.8) is 0 Å². The first kappa shape index (κ1) is 25.7. The lowest BCUT2D eigenvalue weighted by molar-refractivity contribution is -0.696. The third-order valence-electron chi connectivity index (χ3n) is 5.67. The molecule has 182 valence electrons. The number of carboxylic acid groups (broad SMARTS) is 1. The van der Waals surface area contributed by atoms with Crippen LogP contribution in [0.3, 0.4) is 0 Å². The second-order valence-corrected chi connectivity index (χ2v) is 10.7. The smallest absolute Gasteiger partial charge is 0.309 e. The van der Waals surface area contributed by atoms with Gasteiger partial charge in [0.15, 0.2) is 24.7 Å². The fourth-order valence-electron chi connectivity index (χ4n) is 3.54. The summed E-state index contributed by atoms with van der Waals surface area (Å²) in [6.45, 7) is 12.4. The maximum absolute atomic E-state index is 13.0. The van der Waals surface area contributed by atoms with E-state index in [1.807, 2.05) is 59.8 Å². The van der Waals surface area contributed by atoms with E-state index < -0.39 is 17.5 Å². The van der Waals surface area contributed by atoms with Crippen LogP contribution in [-0.4, -0.2) is 16.9 Å². The van der Waals surface area contributed by atoms with E-state index in [2.05, 4.69) is 0 Å². The lowest BCUT2D eigenvalue weighted by Gasteiger charge is -2.33. The van der Waals surface area contributed by atoms with E-state index >= 15 is 0 Å². The predicted molar refractivity (Wildman–Crippen MR) is 128 cm³/mol. The van der Waals surface area contributed by atoms with Crippen molar-refractivity contribution >= 4 is 17.3 Å². The van der Waals surface area contributed by atoms with E-state index in [0.29, 0.717) is 11.1 Å². The van der Waals surface area contributed by atoms with Gasteiger partial charge >= 0.3 is 5.97 Å². The minimum absolute atomic E-state index is 0.0105. The monoisotopic (exact) mass is 474 g/mol. The highest BCUT2D eigenvalue weighted by Gasteiger charge is 2.32. The summed E-state index contributed by atoms with van der Waals surface area (Å²) in [5, 5.41) is 31.5. The number of aryl methyl sites for hydroxylation is 1. The highest BCUT2D eigenvalue weighted by Crippen LogP contribution is 2.40. The number of Topliss-reactive ketones (excluding diaryl/α,β-unsaturated/α-hetero) is 1. The highest BCUT2D eigenvalue weighted by atomic mass is 16.5. The number of ether oxygens (including phenoxy) is 1. The molecular formula is C28H30N2O5. The largest absolute Gasteiger partial charge is 0.871 e. The van der Waals surface area contributed by atoms with Crippen molar-refractivity contribution in [3.8, 4) is 6.07 Å². The molecule has 1 aromatic rings. The van der Waals surface area contributed by atoms with E-state index in [1.54, 1.807) is 35.2 Å². The summed E-state index contributed by atoms with van der Waals surface area (Å²) in [5.74, 6) is -0.369. The molecule has 7 nitrogen and oxygen atoms in total. The van der Waals surface area contributed by atoms with E-state index in [-0.39, 0.29) is 40.5 Å². The fraction of sp³-hybridized carbons (Fsp3) is 0.357. The van der Waals surface area contributed by atoms with E-state index in [4.69, 9.17) is 9.84 Å². The van der Waals surface area contributed by atoms with Gasteiger partial charge in [-0.1, -0.05) is 47.3 Å². The summed E-state index contributed by atoms with van der Waals surface area (Å²) in [5.41, 5.74) is 0.501. The molecule has 0 unspecified atom stereocenters. The summed E-state index contributed by atoms with van der Waals surface area (Å²) in [4.78, 5) is 23.7. The zero-order valence-electron chi connectivity index (χ0n) is 20.9. The van der Waals surface area contributed by atoms with Crippen LogP contribution >= 0.6 is 0 Å². The van der Waals surface area contributed by atoms with E-state index in [0.717, 1.165) is 11.5 Å². The number of ketones is 1. The number of carbonyl (C=O) groups excluding carboxylic acids is 1. The number of aliphatic carboxylic acids is 1. The molecule has 35 heavy (non-hydrogen) atoms. The Bertz CT molecular complexity index is 1240. The van der Waals surface area contributed by atoms with Crippen LogP contribution in [-0.2, 0) is 20.9 Å². The van der Waals surface area contributed by atoms with Crippen molar-refractivity contribution in [1.29, 1.82) is 5.26 Å². The van der Waals surface area contributed by atoms with Gasteiger partial charge in [-0.05, 0) is 23.8 Å². The molecule has 0 saturated heterocycles. The molecule has 0 saturated carbocycles. The molecule has 1 aromatic heterocycles. The van der Waals surface area contributed by atoms with Crippen molar-refractivity contribution in [2.75, 3.05) is 0 Å². The van der Waals surface area contributed by atoms with Gasteiger partial charge in [0.05, 0.1) is 5.57 Å². The Balaban J connectivity index is 2.00. The molecule has 0 amide bonds. The highest BCUT2D eigenvalue weighted by molar-refractivity contribution is 6.25. The van der Waals surface area contributed by atoms with Crippen LogP contribution in [0.1, 0.15) is 53.5 Å². The van der Waals surface area contributed by atoms with Crippen LogP contribution < -0.4 is 9.67 Å². The van der Waals surface area contributed by atoms with Gasteiger partial charge in [0, 0.05) is 39.7 Å². The van der Waals surface area contributed by atoms with E-state index in [1.165, 1.54) is 0 Å². The number of carbonyl (C=O) groups is 2. The number of rotatable bonds is 5. The molecule has 0 atom stereocenters. The number of hydrogen-bond donors (Lipinski definition) is 1. The minimum Gasteiger partial charge on any atom is -0.871 e. The van der Waals surface area contributed by atoms with Gasteiger partial charge in [-0.3, -0.25) is 9.59 Å². The molecule has 2 heterocycles. The third kappa shape index (κ3) is 5.60. The maximum Gasteiger partial charge on any atom is 0.309 e. The summed E-state index contributed by atoms with van der Waals surface area (Å²) < 4.78 is 7.78. The zero-order chi connectivity index (χ0) is 26.1. The van der Waals surface area contributed by atoms with Crippen molar-refractivity contribution in [2.45, 2.75) is 54.5 Å². The van der Waals surface area contributed by atoms with Crippen LogP contribution in [0.15, 0.2) is 76.8 Å². The van der Waals surface area contributed by atoms with Crippen molar-refractivity contribution < 1.29 is 29.1 Å². The Morgan fingerprint density at radius 3 is 2.09 bits per heavy atom. The maximum atomic E-state index is 13.0. The molecular weight excluding hydrogens is 444 g/mol. The van der Waals surface area contributed by atoms with Crippen LogP contribution in [0, 0.1) is 22.2 Å². The van der Waals surface area contributed by atoms with Crippen LogP contribution in [0.5, 0.6) is 0 Å². The Labute approximate surface area is 205 Å². The Kier molecular flexibility index (Phi) is 6.89. The minimum atomic E-state index is -0.914. The molecule has 1 aliphatic heterocycles. The first-order valence-corrected chi connectivity index (χ1v) is 11.4. The molecule has 2 aliphatic rings. The number of allylic oxidation sites excluding steroid dienone is 9. The van der Waals surface area contributed by atoms with Gasteiger partial charge in [-0.15, -0.1) is 0 Å². The topological polar surface area (TPSA) is 114 Å². The first-order chi connectivity index (χ1) is 16.2. The average molecular weight is 475 g/mol. The average Bonchev–Trinajstić information content (AvgIpc) is 2.78. The molecule has 0 bridgehead atoms. The molecule has 1 N–H and O–H groups in total. The third-order valence-corrected chi connectivity index (χ3v) is 5.67. The number of nitriles is 1. The lowest BCUT2D eigenvalue weighted by Crippen LogP contribution is -2.34. The van der Waals surface area contributed by atoms with Gasteiger partial charge in [0.1, 0.15) is 24.0 Å². The van der Waals surface area contributed by atoms with Crippen molar-refractivity contribution in [1.82, 2.24) is 0 Å². The second-order valence-electron chi connectivity index (χ2n) is 10.7. The molecule has 3 rings (SSSR count). The van der Waals surface area contributed by atoms with Crippen LogP contribution in [0.25, 0.3) is 5.57 Å². The number of aromatic nitrogens is 1. The predicted octanol–water partition coefficient (Wildman–Crippen LogP) is 3.74. The molecule has 0 radical (unpaired) electrons. The van der Waals surface area contributed by atoms with Crippen molar-refractivity contribution in [3.05, 3.63) is 82.3 Å². The zero-order valence-corrected chi connectivity index (χ0v) is 20.9. The Morgan fingerprint density at radius 1 is 1.11 bits per heavy atom. The van der Waals surface area contributed by atoms with Gasteiger partial charge in [-0.2, -0.15) is 5.26 Å².